The molecular formula is C22H26FN3O3. The van der Waals surface area contributed by atoms with E-state index in [1.165, 1.54) is 17.7 Å². The summed E-state index contributed by atoms with van der Waals surface area (Å²) in [6.07, 6.45) is 0.476. The monoisotopic (exact) mass is 399 g/mol. The first-order chi connectivity index (χ1) is 14.2. The Labute approximate surface area is 170 Å². The van der Waals surface area contributed by atoms with Crippen LogP contribution < -0.4 is 14.8 Å². The van der Waals surface area contributed by atoms with Gasteiger partial charge in [0.2, 0.25) is 12.7 Å². The van der Waals surface area contributed by atoms with Crippen LogP contribution in [0.2, 0.25) is 0 Å². The average molecular weight is 399 g/mol. The van der Waals surface area contributed by atoms with Gasteiger partial charge in [0.25, 0.3) is 0 Å². The van der Waals surface area contributed by atoms with Gasteiger partial charge < -0.3 is 19.7 Å². The van der Waals surface area contributed by atoms with Crippen LogP contribution in [0.5, 0.6) is 11.5 Å². The normalized spacial score (nSPS) is 16.7. The largest absolute Gasteiger partial charge is 0.454 e. The fourth-order valence-electron chi connectivity index (χ4n) is 3.62. The number of carbonyl (C=O) groups is 1. The summed E-state index contributed by atoms with van der Waals surface area (Å²) in [7, 11) is 0. The van der Waals surface area contributed by atoms with Crippen LogP contribution in [-0.4, -0.2) is 55.2 Å². The number of nitrogens with zero attached hydrogens (tertiary/aromatic N) is 2. The van der Waals surface area contributed by atoms with Crippen LogP contribution >= 0.6 is 0 Å². The molecule has 4 rings (SSSR count). The van der Waals surface area contributed by atoms with E-state index in [-0.39, 0.29) is 11.7 Å². The van der Waals surface area contributed by atoms with Crippen molar-refractivity contribution in [3.8, 4) is 11.5 Å². The highest BCUT2D eigenvalue weighted by atomic mass is 19.1. The molecule has 29 heavy (non-hydrogen) atoms. The number of halogens is 1. The van der Waals surface area contributed by atoms with E-state index in [0.717, 1.165) is 56.3 Å². The van der Waals surface area contributed by atoms with Crippen LogP contribution in [-0.2, 0) is 17.9 Å². The summed E-state index contributed by atoms with van der Waals surface area (Å²) in [5, 5.41) is 2.90. The molecule has 1 saturated heterocycles. The molecule has 0 bridgehead atoms. The second-order valence-electron chi connectivity index (χ2n) is 7.46. The van der Waals surface area contributed by atoms with Crippen LogP contribution in [0.1, 0.15) is 17.5 Å². The van der Waals surface area contributed by atoms with Gasteiger partial charge in [0.05, 0.1) is 0 Å². The second kappa shape index (κ2) is 9.24. The molecule has 2 aromatic rings. The van der Waals surface area contributed by atoms with Crippen LogP contribution in [0.25, 0.3) is 0 Å². The number of fused-ring (bicyclic) bond motifs is 1. The zero-order valence-corrected chi connectivity index (χ0v) is 16.4. The van der Waals surface area contributed by atoms with E-state index >= 15 is 0 Å². The maximum absolute atomic E-state index is 12.9. The summed E-state index contributed by atoms with van der Waals surface area (Å²) in [5.41, 5.74) is 2.12. The maximum atomic E-state index is 12.9. The molecule has 1 N–H and O–H groups in total. The molecule has 2 aliphatic rings. The lowest BCUT2D eigenvalue weighted by molar-refractivity contribution is -0.121. The number of benzene rings is 2. The van der Waals surface area contributed by atoms with E-state index in [0.29, 0.717) is 19.8 Å². The van der Waals surface area contributed by atoms with Crippen molar-refractivity contribution in [3.63, 3.8) is 0 Å². The molecule has 1 fully saturated rings. The fourth-order valence-corrected chi connectivity index (χ4v) is 3.62. The molecule has 0 spiro atoms. The number of nitrogens with one attached hydrogen (secondary N) is 1. The van der Waals surface area contributed by atoms with Crippen molar-refractivity contribution in [2.45, 2.75) is 19.5 Å². The number of hydrogen-bond acceptors (Lipinski definition) is 5. The molecule has 0 radical (unpaired) electrons. The Hall–Kier alpha value is -2.64. The standard InChI is InChI=1S/C22H26FN3O3/c23-19-4-1-17(2-5-19)14-24-22(27)7-8-25-9-11-26(12-10-25)15-18-3-6-20-21(13-18)29-16-28-20/h1-6,13H,7-12,14-16H2,(H,24,27). The third-order valence-corrected chi connectivity index (χ3v) is 5.37. The van der Waals surface area contributed by atoms with Gasteiger partial charge in [-0.3, -0.25) is 9.69 Å². The van der Waals surface area contributed by atoms with E-state index in [1.54, 1.807) is 12.1 Å². The molecule has 7 heteroatoms. The van der Waals surface area contributed by atoms with E-state index in [2.05, 4.69) is 27.2 Å². The van der Waals surface area contributed by atoms with Crippen LogP contribution in [0.15, 0.2) is 42.5 Å². The minimum absolute atomic E-state index is 0.0251. The molecule has 154 valence electrons. The molecule has 1 amide bonds. The van der Waals surface area contributed by atoms with Gasteiger partial charge in [-0.2, -0.15) is 0 Å². The van der Waals surface area contributed by atoms with Crippen molar-refractivity contribution in [2.75, 3.05) is 39.5 Å². The highest BCUT2D eigenvalue weighted by molar-refractivity contribution is 5.76. The van der Waals surface area contributed by atoms with Gasteiger partial charge in [0, 0.05) is 52.2 Å². The first-order valence-electron chi connectivity index (χ1n) is 10.00. The lowest BCUT2D eigenvalue weighted by Crippen LogP contribution is -2.46. The van der Waals surface area contributed by atoms with Crippen LogP contribution in [0.3, 0.4) is 0 Å². The zero-order valence-electron chi connectivity index (χ0n) is 16.4. The van der Waals surface area contributed by atoms with Gasteiger partial charge in [0.1, 0.15) is 5.82 Å². The van der Waals surface area contributed by atoms with Gasteiger partial charge in [-0.15, -0.1) is 0 Å². The molecule has 0 atom stereocenters. The predicted molar refractivity (Wildman–Crippen MR) is 107 cm³/mol. The van der Waals surface area contributed by atoms with Gasteiger partial charge >= 0.3 is 0 Å². The van der Waals surface area contributed by atoms with E-state index in [4.69, 9.17) is 9.47 Å². The number of ether oxygens (including phenoxy) is 2. The van der Waals surface area contributed by atoms with Gasteiger partial charge in [-0.25, -0.2) is 4.39 Å². The van der Waals surface area contributed by atoms with Crippen molar-refractivity contribution in [2.24, 2.45) is 0 Å². The fraction of sp³-hybridized carbons (Fsp3) is 0.409. The number of hydrogen-bond donors (Lipinski definition) is 1. The summed E-state index contributed by atoms with van der Waals surface area (Å²) in [6, 6.07) is 12.3. The first-order valence-corrected chi connectivity index (χ1v) is 10.00. The van der Waals surface area contributed by atoms with Crippen molar-refractivity contribution in [1.29, 1.82) is 0 Å². The Morgan fingerprint density at radius 2 is 1.62 bits per heavy atom. The lowest BCUT2D eigenvalue weighted by atomic mass is 10.1. The minimum atomic E-state index is -0.266. The summed E-state index contributed by atoms with van der Waals surface area (Å²) in [4.78, 5) is 16.8. The number of rotatable bonds is 7. The van der Waals surface area contributed by atoms with Gasteiger partial charge in [-0.1, -0.05) is 18.2 Å². The van der Waals surface area contributed by atoms with Crippen LogP contribution in [0, 0.1) is 5.82 Å². The topological polar surface area (TPSA) is 54.0 Å². The quantitative estimate of drug-likeness (QED) is 0.775. The highest BCUT2D eigenvalue weighted by Crippen LogP contribution is 2.32. The summed E-state index contributed by atoms with van der Waals surface area (Å²) in [6.45, 7) is 6.25. The number of carbonyl (C=O) groups excluding carboxylic acids is 1. The number of amides is 1. The first kappa shape index (κ1) is 19.7. The van der Waals surface area contributed by atoms with Crippen molar-refractivity contribution >= 4 is 5.91 Å². The van der Waals surface area contributed by atoms with Crippen molar-refractivity contribution < 1.29 is 18.7 Å². The second-order valence-corrected chi connectivity index (χ2v) is 7.46. The third kappa shape index (κ3) is 5.46. The molecule has 0 unspecified atom stereocenters. The summed E-state index contributed by atoms with van der Waals surface area (Å²) >= 11 is 0. The highest BCUT2D eigenvalue weighted by Gasteiger charge is 2.19. The smallest absolute Gasteiger partial charge is 0.231 e. The molecule has 0 aliphatic carbocycles. The van der Waals surface area contributed by atoms with Crippen molar-refractivity contribution in [1.82, 2.24) is 15.1 Å². The molecule has 0 saturated carbocycles. The maximum Gasteiger partial charge on any atom is 0.231 e. The van der Waals surface area contributed by atoms with E-state index in [1.807, 2.05) is 6.07 Å². The Balaban J connectivity index is 1.14. The zero-order chi connectivity index (χ0) is 20.1. The average Bonchev–Trinajstić information content (AvgIpc) is 3.21. The van der Waals surface area contributed by atoms with Crippen LogP contribution in [0.4, 0.5) is 4.39 Å². The Kier molecular flexibility index (Phi) is 6.27. The predicted octanol–water partition coefficient (Wildman–Crippen LogP) is 2.38. The van der Waals surface area contributed by atoms with E-state index < -0.39 is 0 Å². The summed E-state index contributed by atoms with van der Waals surface area (Å²) in [5.74, 6) is 1.40. The SMILES string of the molecule is O=C(CCN1CCN(Cc2ccc3c(c2)OCO3)CC1)NCc1ccc(F)cc1. The summed E-state index contributed by atoms with van der Waals surface area (Å²) < 4.78 is 23.7. The Morgan fingerprint density at radius 3 is 2.41 bits per heavy atom. The molecule has 2 heterocycles. The lowest BCUT2D eigenvalue weighted by Gasteiger charge is -2.34. The van der Waals surface area contributed by atoms with Crippen molar-refractivity contribution in [3.05, 3.63) is 59.4 Å². The molecule has 2 aromatic carbocycles. The number of piperazine rings is 1. The Bertz CT molecular complexity index is 836. The Morgan fingerprint density at radius 1 is 0.931 bits per heavy atom. The van der Waals surface area contributed by atoms with Gasteiger partial charge in [0.15, 0.2) is 11.5 Å². The third-order valence-electron chi connectivity index (χ3n) is 5.37. The molecule has 6 nitrogen and oxygen atoms in total. The minimum Gasteiger partial charge on any atom is -0.454 e. The molecule has 0 aromatic heterocycles. The molecule has 2 aliphatic heterocycles. The molecular weight excluding hydrogens is 373 g/mol. The van der Waals surface area contributed by atoms with Gasteiger partial charge in [-0.05, 0) is 35.4 Å². The van der Waals surface area contributed by atoms with E-state index in [9.17, 15) is 9.18 Å².